The van der Waals surface area contributed by atoms with Crippen molar-refractivity contribution >= 4 is 51.8 Å². The van der Waals surface area contributed by atoms with Gasteiger partial charge in [-0.15, -0.1) is 5.10 Å². The summed E-state index contributed by atoms with van der Waals surface area (Å²) >= 11 is 0. The van der Waals surface area contributed by atoms with Gasteiger partial charge in [-0.25, -0.2) is 14.6 Å². The van der Waals surface area contributed by atoms with Crippen LogP contribution in [0.1, 0.15) is 64.0 Å². The lowest BCUT2D eigenvalue weighted by molar-refractivity contribution is -0.119. The molecule has 1 atom stereocenters. The predicted octanol–water partition coefficient (Wildman–Crippen LogP) is 5.80. The zero-order valence-corrected chi connectivity index (χ0v) is 29.6. The number of hydrogen-bond acceptors (Lipinski definition) is 9. The van der Waals surface area contributed by atoms with Gasteiger partial charge in [0.2, 0.25) is 11.8 Å². The van der Waals surface area contributed by atoms with Crippen molar-refractivity contribution < 1.29 is 33.4 Å². The number of aromatic nitrogens is 4. The number of hydrogen-bond donors (Lipinski definition) is 3. The molecule has 0 saturated heterocycles. The van der Waals surface area contributed by atoms with E-state index in [0.29, 0.717) is 40.9 Å². The summed E-state index contributed by atoms with van der Waals surface area (Å²) in [7, 11) is 0. The first-order chi connectivity index (χ1) is 24.3. The van der Waals surface area contributed by atoms with Crippen molar-refractivity contribution in [1.29, 1.82) is 0 Å². The number of fused-ring (bicyclic) bond motifs is 2. The van der Waals surface area contributed by atoms with Gasteiger partial charge in [-0.2, -0.15) is 0 Å². The first kappa shape index (κ1) is 36.4. The molecule has 0 fully saturated rings. The number of alkyl carbamates (subject to hydrolysis) is 1. The fourth-order valence-corrected chi connectivity index (χ4v) is 5.33. The summed E-state index contributed by atoms with van der Waals surface area (Å²) < 4.78 is 19.8. The number of pyridine rings is 1. The maximum absolute atomic E-state index is 13.5. The maximum atomic E-state index is 13.5. The summed E-state index contributed by atoms with van der Waals surface area (Å²) in [6, 6.07) is 17.6. The first-order valence-electron chi connectivity index (χ1n) is 16.7. The van der Waals surface area contributed by atoms with Crippen molar-refractivity contribution in [2.24, 2.45) is 5.92 Å². The Labute approximate surface area is 295 Å². The van der Waals surface area contributed by atoms with E-state index < -0.39 is 42.1 Å². The number of nitrogens with one attached hydrogen (secondary N) is 3. The molecule has 14 heteroatoms. The molecule has 1 unspecified atom stereocenters. The lowest BCUT2D eigenvalue weighted by Crippen LogP contribution is -2.46. The predicted molar refractivity (Wildman–Crippen MR) is 192 cm³/mol. The van der Waals surface area contributed by atoms with Gasteiger partial charge in [-0.1, -0.05) is 44.2 Å². The molecule has 5 aromatic rings. The largest absolute Gasteiger partial charge is 0.466 e. The monoisotopic (exact) mass is 697 g/mol. The van der Waals surface area contributed by atoms with Crippen molar-refractivity contribution in [3.05, 3.63) is 84.3 Å². The molecule has 3 aromatic heterocycles. The molecule has 0 radical (unpaired) electrons. The minimum Gasteiger partial charge on any atom is -0.466 e. The Morgan fingerprint density at radius 2 is 1.73 bits per heavy atom. The zero-order valence-electron chi connectivity index (χ0n) is 29.6. The van der Waals surface area contributed by atoms with Gasteiger partial charge in [0, 0.05) is 18.1 Å². The SMILES string of the molecule is CCOC(=O)c1cn2cccc(NC(=O)COc3nn(Cc4ccccc4)c4ccc(NC(=O)C(CC(C)C)NC(=O)OC(C)(C)C)cc34)c2n1. The molecule has 0 aliphatic carbocycles. The molecule has 51 heavy (non-hydrogen) atoms. The van der Waals surface area contributed by atoms with Crippen molar-refractivity contribution in [2.75, 3.05) is 23.8 Å². The molecule has 3 N–H and O–H groups in total. The van der Waals surface area contributed by atoms with Crippen LogP contribution < -0.4 is 20.7 Å². The van der Waals surface area contributed by atoms with Crippen LogP contribution in [0.5, 0.6) is 5.88 Å². The van der Waals surface area contributed by atoms with Crippen LogP contribution in [0.3, 0.4) is 0 Å². The number of imidazole rings is 1. The summed E-state index contributed by atoms with van der Waals surface area (Å²) in [6.07, 6.45) is 2.94. The van der Waals surface area contributed by atoms with Crippen molar-refractivity contribution in [2.45, 2.75) is 66.2 Å². The number of rotatable bonds is 13. The third kappa shape index (κ3) is 9.62. The lowest BCUT2D eigenvalue weighted by atomic mass is 10.0. The van der Waals surface area contributed by atoms with Gasteiger partial charge in [-0.05, 0) is 75.9 Å². The standard InChI is InChI=1S/C37H43N7O7/c1-7-49-35(47)29-21-43-17-11-14-27(32(43)40-29)39-31(45)22-50-34-26-19-25(15-16-30(26)44(42-34)20-24-12-9-8-10-13-24)38-33(46)28(18-23(2)3)41-36(48)51-37(4,5)6/h8-17,19,21,23,28H,7,18,20,22H2,1-6H3,(H,38,46)(H,39,45)(H,41,48). The first-order valence-corrected chi connectivity index (χ1v) is 16.7. The number of anilines is 2. The van der Waals surface area contributed by atoms with Gasteiger partial charge in [0.1, 0.15) is 11.6 Å². The number of carbonyl (C=O) groups is 4. The van der Waals surface area contributed by atoms with E-state index in [2.05, 4.69) is 26.0 Å². The zero-order chi connectivity index (χ0) is 36.7. The highest BCUT2D eigenvalue weighted by Gasteiger charge is 2.26. The molecule has 3 amide bonds. The number of nitrogens with zero attached hydrogens (tertiary/aromatic N) is 4. The van der Waals surface area contributed by atoms with Crippen LogP contribution >= 0.6 is 0 Å². The Morgan fingerprint density at radius 1 is 0.961 bits per heavy atom. The molecule has 0 bridgehead atoms. The lowest BCUT2D eigenvalue weighted by Gasteiger charge is -2.24. The van der Waals surface area contributed by atoms with Gasteiger partial charge in [0.25, 0.3) is 5.91 Å². The summed E-state index contributed by atoms with van der Waals surface area (Å²) in [5.41, 5.74) is 2.30. The topological polar surface area (TPSA) is 167 Å². The molecule has 0 saturated carbocycles. The van der Waals surface area contributed by atoms with E-state index in [1.807, 2.05) is 50.2 Å². The van der Waals surface area contributed by atoms with E-state index in [0.717, 1.165) is 5.56 Å². The number of ether oxygens (including phenoxy) is 3. The number of esters is 1. The van der Waals surface area contributed by atoms with Gasteiger partial charge in [-0.3, -0.25) is 14.3 Å². The third-order valence-corrected chi connectivity index (χ3v) is 7.46. The fraction of sp³-hybridized carbons (Fsp3) is 0.351. The van der Waals surface area contributed by atoms with Crippen LogP contribution in [-0.4, -0.2) is 67.9 Å². The van der Waals surface area contributed by atoms with E-state index in [4.69, 9.17) is 14.2 Å². The van der Waals surface area contributed by atoms with Gasteiger partial charge >= 0.3 is 12.1 Å². The van der Waals surface area contributed by atoms with Crippen LogP contribution in [0.15, 0.2) is 73.1 Å². The van der Waals surface area contributed by atoms with Crippen molar-refractivity contribution in [3.8, 4) is 5.88 Å². The second-order valence-electron chi connectivity index (χ2n) is 13.3. The summed E-state index contributed by atoms with van der Waals surface area (Å²) in [5, 5.41) is 13.6. The molecule has 0 spiro atoms. The highest BCUT2D eigenvalue weighted by atomic mass is 16.6. The molecular formula is C37H43N7O7. The average molecular weight is 698 g/mol. The second-order valence-corrected chi connectivity index (χ2v) is 13.3. The summed E-state index contributed by atoms with van der Waals surface area (Å²) in [6.45, 7) is 11.1. The highest BCUT2D eigenvalue weighted by molar-refractivity contribution is 5.99. The van der Waals surface area contributed by atoms with E-state index in [-0.39, 0.29) is 24.1 Å². The quantitative estimate of drug-likeness (QED) is 0.129. The highest BCUT2D eigenvalue weighted by Crippen LogP contribution is 2.29. The molecule has 0 aliphatic rings. The smallest absolute Gasteiger partial charge is 0.408 e. The van der Waals surface area contributed by atoms with Crippen molar-refractivity contribution in [1.82, 2.24) is 24.5 Å². The summed E-state index contributed by atoms with van der Waals surface area (Å²) in [4.78, 5) is 55.7. The normalized spacial score (nSPS) is 12.1. The Bertz CT molecular complexity index is 2030. The minimum atomic E-state index is -0.844. The van der Waals surface area contributed by atoms with E-state index in [9.17, 15) is 19.2 Å². The fourth-order valence-electron chi connectivity index (χ4n) is 5.33. The van der Waals surface area contributed by atoms with Crippen LogP contribution in [0.4, 0.5) is 16.2 Å². The van der Waals surface area contributed by atoms with Crippen molar-refractivity contribution in [3.63, 3.8) is 0 Å². The Hall–Kier alpha value is -5.92. The van der Waals surface area contributed by atoms with Gasteiger partial charge < -0.3 is 34.6 Å². The minimum absolute atomic E-state index is 0.112. The van der Waals surface area contributed by atoms with E-state index in [1.165, 1.54) is 6.20 Å². The van der Waals surface area contributed by atoms with Crippen LogP contribution in [0, 0.1) is 5.92 Å². The molecule has 268 valence electrons. The van der Waals surface area contributed by atoms with Gasteiger partial charge in [0.05, 0.1) is 29.7 Å². The molecule has 5 rings (SSSR count). The molecule has 2 aromatic carbocycles. The van der Waals surface area contributed by atoms with E-state index in [1.54, 1.807) is 67.2 Å². The summed E-state index contributed by atoms with van der Waals surface area (Å²) in [5.74, 6) is -1.16. The maximum Gasteiger partial charge on any atom is 0.408 e. The number of benzene rings is 2. The number of amides is 3. The Balaban J connectivity index is 1.37. The average Bonchev–Trinajstić information content (AvgIpc) is 3.65. The van der Waals surface area contributed by atoms with Crippen LogP contribution in [-0.2, 0) is 25.6 Å². The van der Waals surface area contributed by atoms with E-state index >= 15 is 0 Å². The van der Waals surface area contributed by atoms with Crippen LogP contribution in [0.25, 0.3) is 16.6 Å². The molecule has 3 heterocycles. The third-order valence-electron chi connectivity index (χ3n) is 7.46. The second kappa shape index (κ2) is 15.7. The molecular weight excluding hydrogens is 654 g/mol. The Morgan fingerprint density at radius 3 is 2.43 bits per heavy atom. The Kier molecular flexibility index (Phi) is 11.2. The van der Waals surface area contributed by atoms with Gasteiger partial charge in [0.15, 0.2) is 17.9 Å². The molecule has 14 nitrogen and oxygen atoms in total. The number of carbonyl (C=O) groups excluding carboxylic acids is 4. The molecule has 0 aliphatic heterocycles. The van der Waals surface area contributed by atoms with Crippen LogP contribution in [0.2, 0.25) is 0 Å².